The first kappa shape index (κ1) is 12.1. The average molecular weight is 239 g/mol. The van der Waals surface area contributed by atoms with Gasteiger partial charge < -0.3 is 5.11 Å². The van der Waals surface area contributed by atoms with Crippen LogP contribution in [0.4, 0.5) is 0 Å². The van der Waals surface area contributed by atoms with Crippen LogP contribution in [0.1, 0.15) is 33.1 Å². The van der Waals surface area contributed by atoms with E-state index in [9.17, 15) is 14.4 Å². The van der Waals surface area contributed by atoms with E-state index in [4.69, 9.17) is 5.11 Å². The molecule has 0 spiro atoms. The first-order valence-electron chi connectivity index (χ1n) is 5.91. The fourth-order valence-corrected chi connectivity index (χ4v) is 2.60. The average Bonchev–Trinajstić information content (AvgIpc) is 2.68. The molecule has 2 amide bonds. The Labute approximate surface area is 99.8 Å². The van der Waals surface area contributed by atoms with Crippen molar-refractivity contribution in [2.45, 2.75) is 33.1 Å². The van der Waals surface area contributed by atoms with Crippen LogP contribution in [0.3, 0.4) is 0 Å². The molecule has 5 nitrogen and oxygen atoms in total. The molecule has 2 fully saturated rings. The summed E-state index contributed by atoms with van der Waals surface area (Å²) in [5.74, 6) is -1.49. The van der Waals surface area contributed by atoms with Gasteiger partial charge in [0.05, 0.1) is 5.41 Å². The standard InChI is InChI=1S/C12H17NO4/c1-12(2,11(16)17)6-13-9(14)7-3-4-8(5-7)10(13)15/h7-8H,3-6H2,1-2H3,(H,16,17). The molecule has 1 N–H and O–H groups in total. The van der Waals surface area contributed by atoms with Gasteiger partial charge >= 0.3 is 5.97 Å². The van der Waals surface area contributed by atoms with Crippen molar-refractivity contribution in [1.82, 2.24) is 4.90 Å². The van der Waals surface area contributed by atoms with Crippen molar-refractivity contribution in [3.05, 3.63) is 0 Å². The lowest BCUT2D eigenvalue weighted by atomic mass is 9.89. The second-order valence-electron chi connectivity index (χ2n) is 5.66. The van der Waals surface area contributed by atoms with Crippen molar-refractivity contribution in [2.75, 3.05) is 6.54 Å². The first-order chi connectivity index (χ1) is 7.83. The highest BCUT2D eigenvalue weighted by Gasteiger charge is 2.47. The number of likely N-dealkylation sites (tertiary alicyclic amines) is 1. The lowest BCUT2D eigenvalue weighted by Crippen LogP contribution is -2.51. The van der Waals surface area contributed by atoms with E-state index in [0.717, 1.165) is 12.8 Å². The maximum Gasteiger partial charge on any atom is 0.310 e. The number of imide groups is 1. The number of piperidine rings is 1. The van der Waals surface area contributed by atoms with Crippen LogP contribution in [-0.4, -0.2) is 34.3 Å². The molecule has 1 heterocycles. The van der Waals surface area contributed by atoms with E-state index in [1.54, 1.807) is 0 Å². The number of carbonyl (C=O) groups excluding carboxylic acids is 2. The van der Waals surface area contributed by atoms with Crippen molar-refractivity contribution < 1.29 is 19.5 Å². The second-order valence-corrected chi connectivity index (χ2v) is 5.66. The van der Waals surface area contributed by atoms with Crippen molar-refractivity contribution in [2.24, 2.45) is 17.3 Å². The Bertz CT molecular complexity index is 366. The summed E-state index contributed by atoms with van der Waals surface area (Å²) in [6.45, 7) is 3.05. The molecule has 1 saturated carbocycles. The zero-order valence-corrected chi connectivity index (χ0v) is 10.1. The van der Waals surface area contributed by atoms with Crippen LogP contribution >= 0.6 is 0 Å². The number of carbonyl (C=O) groups is 3. The van der Waals surface area contributed by atoms with Gasteiger partial charge in [0.1, 0.15) is 0 Å². The zero-order valence-electron chi connectivity index (χ0n) is 10.1. The third kappa shape index (κ3) is 1.94. The predicted octanol–water partition coefficient (Wildman–Crippen LogP) is 0.882. The van der Waals surface area contributed by atoms with Gasteiger partial charge in [-0.15, -0.1) is 0 Å². The van der Waals surface area contributed by atoms with E-state index >= 15 is 0 Å². The molecule has 2 unspecified atom stereocenters. The van der Waals surface area contributed by atoms with Crippen LogP contribution in [0.15, 0.2) is 0 Å². The highest BCUT2D eigenvalue weighted by molar-refractivity contribution is 6.01. The Balaban J connectivity index is 2.18. The summed E-state index contributed by atoms with van der Waals surface area (Å²) in [6.07, 6.45) is 2.18. The van der Waals surface area contributed by atoms with Gasteiger partial charge in [0.25, 0.3) is 0 Å². The molecular weight excluding hydrogens is 222 g/mol. The molecule has 94 valence electrons. The van der Waals surface area contributed by atoms with Crippen LogP contribution in [0, 0.1) is 17.3 Å². The number of carboxylic acids is 1. The van der Waals surface area contributed by atoms with E-state index in [2.05, 4.69) is 0 Å². The van der Waals surface area contributed by atoms with Gasteiger partial charge in [0, 0.05) is 18.4 Å². The predicted molar refractivity (Wildman–Crippen MR) is 59.0 cm³/mol. The Kier molecular flexibility index (Phi) is 2.72. The van der Waals surface area contributed by atoms with Gasteiger partial charge in [0.15, 0.2) is 0 Å². The second kappa shape index (κ2) is 3.82. The monoisotopic (exact) mass is 239 g/mol. The van der Waals surface area contributed by atoms with E-state index in [1.165, 1.54) is 18.7 Å². The molecule has 2 aliphatic rings. The maximum absolute atomic E-state index is 12.0. The van der Waals surface area contributed by atoms with E-state index in [1.807, 2.05) is 0 Å². The lowest BCUT2D eigenvalue weighted by Gasteiger charge is -2.34. The summed E-state index contributed by atoms with van der Waals surface area (Å²) >= 11 is 0. The van der Waals surface area contributed by atoms with E-state index in [-0.39, 0.29) is 30.2 Å². The molecule has 0 aromatic carbocycles. The van der Waals surface area contributed by atoms with Crippen molar-refractivity contribution >= 4 is 17.8 Å². The third-order valence-corrected chi connectivity index (χ3v) is 3.80. The molecule has 1 aliphatic heterocycles. The first-order valence-corrected chi connectivity index (χ1v) is 5.91. The summed E-state index contributed by atoms with van der Waals surface area (Å²) in [5.41, 5.74) is -1.08. The number of hydrogen-bond acceptors (Lipinski definition) is 3. The molecule has 2 bridgehead atoms. The van der Waals surface area contributed by atoms with Crippen LogP contribution in [0.25, 0.3) is 0 Å². The third-order valence-electron chi connectivity index (χ3n) is 3.80. The summed E-state index contributed by atoms with van der Waals surface area (Å²) in [6, 6.07) is 0. The molecular formula is C12H17NO4. The van der Waals surface area contributed by atoms with Gasteiger partial charge in [-0.2, -0.15) is 0 Å². The molecule has 1 saturated heterocycles. The molecule has 1 aliphatic carbocycles. The van der Waals surface area contributed by atoms with Gasteiger partial charge in [-0.25, -0.2) is 0 Å². The van der Waals surface area contributed by atoms with Gasteiger partial charge in [0.2, 0.25) is 11.8 Å². The van der Waals surface area contributed by atoms with Gasteiger partial charge in [-0.1, -0.05) is 0 Å². The van der Waals surface area contributed by atoms with Crippen molar-refractivity contribution in [3.8, 4) is 0 Å². The highest BCUT2D eigenvalue weighted by Crippen LogP contribution is 2.39. The molecule has 2 atom stereocenters. The molecule has 0 radical (unpaired) electrons. The maximum atomic E-state index is 12.0. The Hall–Kier alpha value is -1.39. The Morgan fingerprint density at radius 3 is 2.18 bits per heavy atom. The topological polar surface area (TPSA) is 74.7 Å². The number of aliphatic carboxylic acids is 1. The van der Waals surface area contributed by atoms with Crippen LogP contribution in [0.5, 0.6) is 0 Å². The van der Waals surface area contributed by atoms with E-state index < -0.39 is 11.4 Å². The van der Waals surface area contributed by atoms with Gasteiger partial charge in [-0.3, -0.25) is 19.3 Å². The summed E-state index contributed by atoms with van der Waals surface area (Å²) in [5, 5.41) is 9.04. The number of rotatable bonds is 3. The number of fused-ring (bicyclic) bond motifs is 2. The molecule has 5 heteroatoms. The quantitative estimate of drug-likeness (QED) is 0.742. The lowest BCUT2D eigenvalue weighted by molar-refractivity contribution is -0.158. The molecule has 0 aromatic rings. The summed E-state index contributed by atoms with van der Waals surface area (Å²) in [7, 11) is 0. The Morgan fingerprint density at radius 1 is 1.29 bits per heavy atom. The SMILES string of the molecule is CC(C)(CN1C(=O)C2CCC(C2)C1=O)C(=O)O. The molecule has 2 rings (SSSR count). The minimum Gasteiger partial charge on any atom is -0.481 e. The zero-order chi connectivity index (χ0) is 12.8. The summed E-state index contributed by atoms with van der Waals surface area (Å²) in [4.78, 5) is 36.2. The van der Waals surface area contributed by atoms with Crippen molar-refractivity contribution in [3.63, 3.8) is 0 Å². The van der Waals surface area contributed by atoms with Crippen LogP contribution < -0.4 is 0 Å². The Morgan fingerprint density at radius 2 is 1.76 bits per heavy atom. The number of nitrogens with zero attached hydrogens (tertiary/aromatic N) is 1. The number of amides is 2. The number of hydrogen-bond donors (Lipinski definition) is 1. The van der Waals surface area contributed by atoms with Crippen molar-refractivity contribution in [1.29, 1.82) is 0 Å². The highest BCUT2D eigenvalue weighted by atomic mass is 16.4. The molecule has 0 aromatic heterocycles. The van der Waals surface area contributed by atoms with E-state index in [0.29, 0.717) is 6.42 Å². The minimum atomic E-state index is -1.08. The normalized spacial score (nSPS) is 28.7. The fourth-order valence-electron chi connectivity index (χ4n) is 2.60. The summed E-state index contributed by atoms with van der Waals surface area (Å²) < 4.78 is 0. The van der Waals surface area contributed by atoms with Gasteiger partial charge in [-0.05, 0) is 33.1 Å². The molecule has 17 heavy (non-hydrogen) atoms. The minimum absolute atomic E-state index is 0.0208. The van der Waals surface area contributed by atoms with Crippen LogP contribution in [0.2, 0.25) is 0 Å². The fraction of sp³-hybridized carbons (Fsp3) is 0.750. The largest absolute Gasteiger partial charge is 0.481 e. The number of carboxylic acid groups (broad SMARTS) is 1. The smallest absolute Gasteiger partial charge is 0.310 e. The van der Waals surface area contributed by atoms with Crippen LogP contribution in [-0.2, 0) is 14.4 Å².